The number of benzene rings is 1. The standard InChI is InChI=1S/C19H16Cl3F2N5O/c20-12-2-1-3-13(21)11(12)8-28-7-6-14(26-28)25-15(30)9-29-18(10-4-5-10)16(22)17(27-29)19(23)24/h1-3,6-7,10,19H,4-5,8-9H2,(H,25,26,30). The van der Waals surface area contributed by atoms with Crippen LogP contribution in [0.5, 0.6) is 0 Å². The summed E-state index contributed by atoms with van der Waals surface area (Å²) in [5, 5.41) is 11.8. The van der Waals surface area contributed by atoms with Crippen LogP contribution in [-0.2, 0) is 17.9 Å². The first-order chi connectivity index (χ1) is 14.3. The van der Waals surface area contributed by atoms with Gasteiger partial charge in [-0.1, -0.05) is 40.9 Å². The summed E-state index contributed by atoms with van der Waals surface area (Å²) in [5.41, 5.74) is 0.704. The highest BCUT2D eigenvalue weighted by atomic mass is 35.5. The molecular weight excluding hydrogens is 459 g/mol. The lowest BCUT2D eigenvalue weighted by atomic mass is 10.2. The Kier molecular flexibility index (Phi) is 5.99. The molecule has 0 spiro atoms. The molecule has 1 aliphatic carbocycles. The fourth-order valence-electron chi connectivity index (χ4n) is 3.16. The highest BCUT2D eigenvalue weighted by Crippen LogP contribution is 2.45. The largest absolute Gasteiger partial charge is 0.308 e. The molecule has 6 nitrogen and oxygen atoms in total. The Labute approximate surface area is 185 Å². The van der Waals surface area contributed by atoms with E-state index in [-0.39, 0.29) is 17.5 Å². The zero-order chi connectivity index (χ0) is 21.4. The summed E-state index contributed by atoms with van der Waals surface area (Å²) in [6, 6.07) is 6.83. The third kappa shape index (κ3) is 4.45. The van der Waals surface area contributed by atoms with Crippen molar-refractivity contribution in [2.45, 2.75) is 38.3 Å². The van der Waals surface area contributed by atoms with Crippen molar-refractivity contribution >= 4 is 46.5 Å². The van der Waals surface area contributed by atoms with E-state index in [0.717, 1.165) is 12.8 Å². The maximum atomic E-state index is 13.1. The molecule has 1 aliphatic rings. The summed E-state index contributed by atoms with van der Waals surface area (Å²) in [7, 11) is 0. The van der Waals surface area contributed by atoms with E-state index in [0.29, 0.717) is 33.7 Å². The molecule has 30 heavy (non-hydrogen) atoms. The van der Waals surface area contributed by atoms with E-state index in [1.807, 2.05) is 0 Å². The van der Waals surface area contributed by atoms with E-state index in [1.165, 1.54) is 4.68 Å². The van der Waals surface area contributed by atoms with Gasteiger partial charge in [-0.05, 0) is 25.0 Å². The fraction of sp³-hybridized carbons (Fsp3) is 0.316. The second-order valence-corrected chi connectivity index (χ2v) is 8.16. The Morgan fingerprint density at radius 2 is 1.87 bits per heavy atom. The minimum Gasteiger partial charge on any atom is -0.308 e. The van der Waals surface area contributed by atoms with E-state index in [1.54, 1.807) is 35.1 Å². The molecule has 0 bridgehead atoms. The monoisotopic (exact) mass is 473 g/mol. The van der Waals surface area contributed by atoms with Gasteiger partial charge in [0.05, 0.1) is 17.3 Å². The molecule has 0 unspecified atom stereocenters. The molecule has 2 heterocycles. The Morgan fingerprint density at radius 3 is 2.50 bits per heavy atom. The molecule has 1 N–H and O–H groups in total. The number of alkyl halides is 2. The molecule has 2 aromatic heterocycles. The number of halogens is 5. The van der Waals surface area contributed by atoms with E-state index in [4.69, 9.17) is 34.8 Å². The molecule has 4 rings (SSSR count). The van der Waals surface area contributed by atoms with E-state index < -0.39 is 18.0 Å². The first-order valence-electron chi connectivity index (χ1n) is 9.14. The molecule has 0 radical (unpaired) electrons. The molecule has 0 atom stereocenters. The lowest BCUT2D eigenvalue weighted by Gasteiger charge is -2.08. The van der Waals surface area contributed by atoms with Gasteiger partial charge in [0.2, 0.25) is 5.91 Å². The number of aromatic nitrogens is 4. The Bertz CT molecular complexity index is 1070. The SMILES string of the molecule is O=C(Cn1nc(C(F)F)c(Cl)c1C1CC1)Nc1ccn(Cc2c(Cl)cccc2Cl)n1. The fourth-order valence-corrected chi connectivity index (χ4v) is 4.05. The Morgan fingerprint density at radius 1 is 1.17 bits per heavy atom. The van der Waals surface area contributed by atoms with E-state index >= 15 is 0 Å². The quantitative estimate of drug-likeness (QED) is 0.489. The number of carbonyl (C=O) groups is 1. The van der Waals surface area contributed by atoms with Gasteiger partial charge in [-0.2, -0.15) is 10.2 Å². The van der Waals surface area contributed by atoms with Crippen LogP contribution in [-0.4, -0.2) is 25.5 Å². The number of hydrogen-bond acceptors (Lipinski definition) is 3. The lowest BCUT2D eigenvalue weighted by molar-refractivity contribution is -0.117. The Balaban J connectivity index is 1.45. The molecule has 0 aliphatic heterocycles. The first-order valence-corrected chi connectivity index (χ1v) is 10.3. The zero-order valence-electron chi connectivity index (χ0n) is 15.5. The molecule has 1 amide bonds. The predicted octanol–water partition coefficient (Wildman–Crippen LogP) is 5.54. The van der Waals surface area contributed by atoms with Gasteiger partial charge >= 0.3 is 0 Å². The number of carbonyl (C=O) groups excluding carboxylic acids is 1. The number of nitrogens with zero attached hydrogens (tertiary/aromatic N) is 4. The van der Waals surface area contributed by atoms with Gasteiger partial charge in [-0.3, -0.25) is 14.2 Å². The van der Waals surface area contributed by atoms with Crippen molar-refractivity contribution in [2.24, 2.45) is 0 Å². The number of hydrogen-bond donors (Lipinski definition) is 1. The maximum Gasteiger partial charge on any atom is 0.283 e. The highest BCUT2D eigenvalue weighted by molar-refractivity contribution is 6.36. The minimum absolute atomic E-state index is 0.0544. The third-order valence-electron chi connectivity index (χ3n) is 4.71. The van der Waals surface area contributed by atoms with Crippen LogP contribution in [0, 0.1) is 0 Å². The second kappa shape index (κ2) is 8.53. The van der Waals surface area contributed by atoms with Gasteiger partial charge in [-0.25, -0.2) is 8.78 Å². The van der Waals surface area contributed by atoms with Crippen molar-refractivity contribution in [3.8, 4) is 0 Å². The number of rotatable bonds is 7. The predicted molar refractivity (Wildman–Crippen MR) is 111 cm³/mol. The molecule has 11 heteroatoms. The molecule has 3 aromatic rings. The molecule has 1 fully saturated rings. The van der Waals surface area contributed by atoms with Crippen molar-refractivity contribution in [2.75, 3.05) is 5.32 Å². The summed E-state index contributed by atoms with van der Waals surface area (Å²) < 4.78 is 29.1. The lowest BCUT2D eigenvalue weighted by Crippen LogP contribution is -2.21. The summed E-state index contributed by atoms with van der Waals surface area (Å²) in [5.74, 6) is -0.0775. The van der Waals surface area contributed by atoms with Crippen LogP contribution in [0.15, 0.2) is 30.5 Å². The summed E-state index contributed by atoms with van der Waals surface area (Å²) in [6.45, 7) is 0.0915. The number of amides is 1. The summed E-state index contributed by atoms with van der Waals surface area (Å²) in [4.78, 5) is 12.4. The smallest absolute Gasteiger partial charge is 0.283 e. The average Bonchev–Trinajstić information content (AvgIpc) is 3.33. The van der Waals surface area contributed by atoms with Crippen LogP contribution in [0.25, 0.3) is 0 Å². The van der Waals surface area contributed by atoms with E-state index in [9.17, 15) is 13.6 Å². The zero-order valence-corrected chi connectivity index (χ0v) is 17.7. The third-order valence-corrected chi connectivity index (χ3v) is 5.81. The highest BCUT2D eigenvalue weighted by Gasteiger charge is 2.34. The second-order valence-electron chi connectivity index (χ2n) is 6.96. The van der Waals surface area contributed by atoms with Crippen LogP contribution in [0.2, 0.25) is 15.1 Å². The molecule has 1 saturated carbocycles. The van der Waals surface area contributed by atoms with Gasteiger partial charge in [0.15, 0.2) is 5.82 Å². The normalized spacial score (nSPS) is 13.8. The molecule has 158 valence electrons. The first kappa shape index (κ1) is 21.1. The van der Waals surface area contributed by atoms with Crippen molar-refractivity contribution in [3.05, 3.63) is 62.5 Å². The summed E-state index contributed by atoms with van der Waals surface area (Å²) >= 11 is 18.4. The van der Waals surface area contributed by atoms with Crippen molar-refractivity contribution in [1.29, 1.82) is 0 Å². The van der Waals surface area contributed by atoms with E-state index in [2.05, 4.69) is 15.5 Å². The molecule has 1 aromatic carbocycles. The molecule has 0 saturated heterocycles. The van der Waals surface area contributed by atoms with Crippen molar-refractivity contribution in [3.63, 3.8) is 0 Å². The van der Waals surface area contributed by atoms with Gasteiger partial charge in [0.25, 0.3) is 6.43 Å². The van der Waals surface area contributed by atoms with Gasteiger partial charge in [0.1, 0.15) is 12.2 Å². The van der Waals surface area contributed by atoms with Crippen molar-refractivity contribution in [1.82, 2.24) is 19.6 Å². The minimum atomic E-state index is -2.80. The number of nitrogens with one attached hydrogen (secondary N) is 1. The van der Waals surface area contributed by atoms with Gasteiger partial charge in [-0.15, -0.1) is 0 Å². The topological polar surface area (TPSA) is 64.7 Å². The van der Waals surface area contributed by atoms with Crippen LogP contribution in [0.4, 0.5) is 14.6 Å². The summed E-state index contributed by atoms with van der Waals surface area (Å²) in [6.07, 6.45) is 0.548. The van der Waals surface area contributed by atoms with Crippen LogP contribution >= 0.6 is 34.8 Å². The number of anilines is 1. The maximum absolute atomic E-state index is 13.1. The van der Waals surface area contributed by atoms with Gasteiger partial charge < -0.3 is 5.32 Å². The van der Waals surface area contributed by atoms with Crippen molar-refractivity contribution < 1.29 is 13.6 Å². The molecular formula is C19H16Cl3F2N5O. The van der Waals surface area contributed by atoms with Crippen LogP contribution < -0.4 is 5.32 Å². The Hall–Kier alpha value is -2.16. The average molecular weight is 475 g/mol. The van der Waals surface area contributed by atoms with Gasteiger partial charge in [0, 0.05) is 33.8 Å². The van der Waals surface area contributed by atoms with Crippen LogP contribution in [0.3, 0.4) is 0 Å². The van der Waals surface area contributed by atoms with Crippen LogP contribution in [0.1, 0.15) is 42.1 Å².